The zero-order chi connectivity index (χ0) is 18.3. The molecule has 26 heavy (non-hydrogen) atoms. The molecule has 0 bridgehead atoms. The second-order valence-electron chi connectivity index (χ2n) is 5.76. The Balaban J connectivity index is 2.06. The fraction of sp³-hybridized carbons (Fsp3) is 0.0556. The van der Waals surface area contributed by atoms with Crippen molar-refractivity contribution in [3.63, 3.8) is 0 Å². The lowest BCUT2D eigenvalue weighted by molar-refractivity contribution is -0.384. The van der Waals surface area contributed by atoms with E-state index in [4.69, 9.17) is 0 Å². The van der Waals surface area contributed by atoms with E-state index in [-0.39, 0.29) is 11.2 Å². The van der Waals surface area contributed by atoms with Crippen molar-refractivity contribution in [1.82, 2.24) is 20.0 Å². The maximum absolute atomic E-state index is 12.5. The highest BCUT2D eigenvalue weighted by atomic mass is 16.6. The van der Waals surface area contributed by atoms with Gasteiger partial charge in [-0.2, -0.15) is 10.2 Å². The van der Waals surface area contributed by atoms with Gasteiger partial charge >= 0.3 is 0 Å². The van der Waals surface area contributed by atoms with Gasteiger partial charge in [-0.05, 0) is 19.1 Å². The van der Waals surface area contributed by atoms with E-state index in [2.05, 4.69) is 15.3 Å². The number of H-pyrrole nitrogens is 1. The molecule has 0 fully saturated rings. The summed E-state index contributed by atoms with van der Waals surface area (Å²) in [5.41, 5.74) is 2.78. The van der Waals surface area contributed by atoms with Crippen LogP contribution < -0.4 is 5.56 Å². The standard InChI is InChI=1S/C18H13N5O3/c1-11-16-15(18(24)20-19-11)17(12-5-3-2-4-6-12)22(21-16)13-7-9-14(10-8-13)23(25)26/h2-10H,1H3,(H,20,24). The Morgan fingerprint density at radius 3 is 2.42 bits per heavy atom. The molecular formula is C18H13N5O3. The molecule has 0 radical (unpaired) electrons. The first-order chi connectivity index (χ1) is 12.6. The normalized spacial score (nSPS) is 11.0. The van der Waals surface area contributed by atoms with Crippen molar-refractivity contribution in [2.75, 3.05) is 0 Å². The number of hydrogen-bond acceptors (Lipinski definition) is 5. The van der Waals surface area contributed by atoms with Crippen molar-refractivity contribution in [2.24, 2.45) is 0 Å². The van der Waals surface area contributed by atoms with Crippen molar-refractivity contribution in [2.45, 2.75) is 6.92 Å². The molecule has 8 nitrogen and oxygen atoms in total. The number of rotatable bonds is 3. The fourth-order valence-electron chi connectivity index (χ4n) is 2.89. The van der Waals surface area contributed by atoms with Crippen LogP contribution in [-0.2, 0) is 0 Å². The molecule has 0 amide bonds. The molecule has 2 heterocycles. The predicted molar refractivity (Wildman–Crippen MR) is 96.3 cm³/mol. The Morgan fingerprint density at radius 1 is 1.08 bits per heavy atom. The van der Waals surface area contributed by atoms with E-state index >= 15 is 0 Å². The van der Waals surface area contributed by atoms with Crippen LogP contribution in [-0.4, -0.2) is 24.9 Å². The number of benzene rings is 2. The Morgan fingerprint density at radius 2 is 1.77 bits per heavy atom. The molecule has 0 aliphatic rings. The first kappa shape index (κ1) is 15.7. The van der Waals surface area contributed by atoms with Gasteiger partial charge in [0, 0.05) is 17.7 Å². The molecule has 4 rings (SSSR count). The predicted octanol–water partition coefficient (Wildman–Crippen LogP) is 2.99. The zero-order valence-electron chi connectivity index (χ0n) is 13.7. The highest BCUT2D eigenvalue weighted by molar-refractivity contribution is 5.94. The molecule has 2 aromatic heterocycles. The lowest BCUT2D eigenvalue weighted by atomic mass is 10.1. The summed E-state index contributed by atoms with van der Waals surface area (Å²) in [6.45, 7) is 1.76. The van der Waals surface area contributed by atoms with E-state index in [9.17, 15) is 14.9 Å². The fourth-order valence-corrected chi connectivity index (χ4v) is 2.89. The molecule has 0 saturated heterocycles. The number of aryl methyl sites for hydroxylation is 1. The molecule has 0 saturated carbocycles. The van der Waals surface area contributed by atoms with Gasteiger partial charge in [0.1, 0.15) is 5.52 Å². The molecule has 1 N–H and O–H groups in total. The van der Waals surface area contributed by atoms with Crippen LogP contribution in [0.2, 0.25) is 0 Å². The van der Waals surface area contributed by atoms with Crippen molar-refractivity contribution in [1.29, 1.82) is 0 Å². The number of nitrogens with zero attached hydrogens (tertiary/aromatic N) is 4. The van der Waals surface area contributed by atoms with Crippen LogP contribution in [0.15, 0.2) is 59.4 Å². The number of nitro benzene ring substituents is 1. The highest BCUT2D eigenvalue weighted by Gasteiger charge is 2.20. The van der Waals surface area contributed by atoms with Crippen molar-refractivity contribution >= 4 is 16.6 Å². The minimum absolute atomic E-state index is 0.0117. The van der Waals surface area contributed by atoms with Crippen LogP contribution in [0.4, 0.5) is 5.69 Å². The average molecular weight is 347 g/mol. The molecule has 2 aromatic carbocycles. The summed E-state index contributed by atoms with van der Waals surface area (Å²) < 4.78 is 1.62. The molecule has 4 aromatic rings. The third-order valence-corrected chi connectivity index (χ3v) is 4.13. The number of nitro groups is 1. The van der Waals surface area contributed by atoms with E-state index in [0.29, 0.717) is 28.0 Å². The number of aromatic nitrogens is 4. The summed E-state index contributed by atoms with van der Waals surface area (Å²) in [7, 11) is 0. The quantitative estimate of drug-likeness (QED) is 0.453. The van der Waals surface area contributed by atoms with Gasteiger partial charge in [0.2, 0.25) is 0 Å². The molecular weight excluding hydrogens is 334 g/mol. The number of aromatic amines is 1. The summed E-state index contributed by atoms with van der Waals surface area (Å²) in [6.07, 6.45) is 0. The largest absolute Gasteiger partial charge is 0.275 e. The van der Waals surface area contributed by atoms with Gasteiger partial charge in [0.25, 0.3) is 11.2 Å². The van der Waals surface area contributed by atoms with Crippen molar-refractivity contribution < 1.29 is 4.92 Å². The van der Waals surface area contributed by atoms with Crippen LogP contribution in [0.1, 0.15) is 5.69 Å². The number of fused-ring (bicyclic) bond motifs is 1. The molecule has 128 valence electrons. The summed E-state index contributed by atoms with van der Waals surface area (Å²) >= 11 is 0. The Labute approximate surface area is 146 Å². The molecule has 0 unspecified atom stereocenters. The maximum Gasteiger partial charge on any atom is 0.275 e. The van der Waals surface area contributed by atoms with E-state index in [1.54, 1.807) is 23.7 Å². The molecule has 0 atom stereocenters. The Kier molecular flexibility index (Phi) is 3.58. The van der Waals surface area contributed by atoms with Crippen LogP contribution in [0.5, 0.6) is 0 Å². The van der Waals surface area contributed by atoms with Crippen molar-refractivity contribution in [3.8, 4) is 16.9 Å². The minimum Gasteiger partial charge on any atom is -0.267 e. The molecule has 0 spiro atoms. The van der Waals surface area contributed by atoms with E-state index in [0.717, 1.165) is 5.56 Å². The number of non-ortho nitro benzene ring substituents is 1. The van der Waals surface area contributed by atoms with E-state index in [1.165, 1.54) is 12.1 Å². The summed E-state index contributed by atoms with van der Waals surface area (Å²) in [5, 5.41) is 22.4. The lowest BCUT2D eigenvalue weighted by Gasteiger charge is -2.07. The van der Waals surface area contributed by atoms with Crippen LogP contribution in [0.3, 0.4) is 0 Å². The van der Waals surface area contributed by atoms with Gasteiger partial charge in [-0.1, -0.05) is 30.3 Å². The van der Waals surface area contributed by atoms with Gasteiger partial charge < -0.3 is 0 Å². The summed E-state index contributed by atoms with van der Waals surface area (Å²) in [6, 6.07) is 15.4. The first-order valence-corrected chi connectivity index (χ1v) is 7.84. The van der Waals surface area contributed by atoms with Crippen LogP contribution in [0, 0.1) is 17.0 Å². The van der Waals surface area contributed by atoms with E-state index < -0.39 is 4.92 Å². The highest BCUT2D eigenvalue weighted by Crippen LogP contribution is 2.30. The summed E-state index contributed by atoms with van der Waals surface area (Å²) in [4.78, 5) is 22.9. The minimum atomic E-state index is -0.458. The number of hydrogen-bond donors (Lipinski definition) is 1. The van der Waals surface area contributed by atoms with E-state index in [1.807, 2.05) is 30.3 Å². The van der Waals surface area contributed by atoms with Gasteiger partial charge in [0.15, 0.2) is 0 Å². The number of nitrogens with one attached hydrogen (secondary N) is 1. The third kappa shape index (κ3) is 2.44. The zero-order valence-corrected chi connectivity index (χ0v) is 13.7. The second kappa shape index (κ2) is 5.92. The monoisotopic (exact) mass is 347 g/mol. The van der Waals surface area contributed by atoms with Gasteiger partial charge in [-0.3, -0.25) is 14.9 Å². The van der Waals surface area contributed by atoms with Gasteiger partial charge in [-0.25, -0.2) is 9.78 Å². The van der Waals surface area contributed by atoms with Gasteiger partial charge in [0.05, 0.1) is 27.4 Å². The van der Waals surface area contributed by atoms with Crippen LogP contribution in [0.25, 0.3) is 27.8 Å². The second-order valence-corrected chi connectivity index (χ2v) is 5.76. The van der Waals surface area contributed by atoms with Gasteiger partial charge in [-0.15, -0.1) is 0 Å². The average Bonchev–Trinajstić information content (AvgIpc) is 3.07. The smallest absolute Gasteiger partial charge is 0.267 e. The molecule has 0 aliphatic heterocycles. The third-order valence-electron chi connectivity index (χ3n) is 4.13. The SMILES string of the molecule is Cc1n[nH]c(=O)c2c(-c3ccccc3)n(-c3ccc([N+](=O)[O-])cc3)nc12. The first-order valence-electron chi connectivity index (χ1n) is 7.84. The Hall–Kier alpha value is -3.81. The van der Waals surface area contributed by atoms with Crippen molar-refractivity contribution in [3.05, 3.63) is 80.8 Å². The maximum atomic E-state index is 12.5. The van der Waals surface area contributed by atoms with Crippen LogP contribution >= 0.6 is 0 Å². The molecule has 8 heteroatoms. The summed E-state index contributed by atoms with van der Waals surface area (Å²) in [5.74, 6) is 0. The molecule has 0 aliphatic carbocycles. The lowest BCUT2D eigenvalue weighted by Crippen LogP contribution is -2.09. The Bertz CT molecular complexity index is 1180. The topological polar surface area (TPSA) is 107 Å².